The maximum atomic E-state index is 12.0. The number of aromatic nitrogens is 1. The van der Waals surface area contributed by atoms with Crippen LogP contribution in [0.25, 0.3) is 0 Å². The first kappa shape index (κ1) is 16.0. The van der Waals surface area contributed by atoms with E-state index in [0.29, 0.717) is 5.76 Å². The van der Waals surface area contributed by atoms with Gasteiger partial charge in [-0.25, -0.2) is 0 Å². The molecule has 2 rings (SSSR count). The number of hydrogen-bond donors (Lipinski definition) is 1. The molecule has 0 bridgehead atoms. The molecule has 0 aliphatic carbocycles. The first-order valence-electron chi connectivity index (χ1n) is 7.62. The molecule has 6 heteroatoms. The van der Waals surface area contributed by atoms with Crippen LogP contribution in [0.5, 0.6) is 0 Å². The van der Waals surface area contributed by atoms with Crippen LogP contribution in [0.2, 0.25) is 0 Å². The standard InChI is InChI=1S/C15H25N3O3/c1-11(2)20-9-8-18-6-4-13(5-7-18)16-15(19)14-10-12(3)17-21-14/h10-11,13H,4-9H2,1-3H3,(H,16,19). The Balaban J connectivity index is 1.68. The Kier molecular flexibility index (Phi) is 5.76. The summed E-state index contributed by atoms with van der Waals surface area (Å²) < 4.78 is 10.5. The topological polar surface area (TPSA) is 67.6 Å². The summed E-state index contributed by atoms with van der Waals surface area (Å²) in [5, 5.41) is 6.75. The van der Waals surface area contributed by atoms with Gasteiger partial charge in [-0.2, -0.15) is 0 Å². The van der Waals surface area contributed by atoms with E-state index in [4.69, 9.17) is 9.26 Å². The van der Waals surface area contributed by atoms with Crippen molar-refractivity contribution in [3.05, 3.63) is 17.5 Å². The molecule has 2 heterocycles. The Bertz CT molecular complexity index is 451. The fraction of sp³-hybridized carbons (Fsp3) is 0.733. The zero-order valence-electron chi connectivity index (χ0n) is 13.1. The van der Waals surface area contributed by atoms with Crippen LogP contribution in [0.3, 0.4) is 0 Å². The monoisotopic (exact) mass is 295 g/mol. The molecule has 118 valence electrons. The summed E-state index contributed by atoms with van der Waals surface area (Å²) in [4.78, 5) is 14.4. The number of aryl methyl sites for hydroxylation is 1. The number of rotatable bonds is 6. The van der Waals surface area contributed by atoms with E-state index in [1.165, 1.54) is 0 Å². The van der Waals surface area contributed by atoms with Crippen molar-refractivity contribution in [2.45, 2.75) is 45.8 Å². The van der Waals surface area contributed by atoms with Crippen LogP contribution in [-0.2, 0) is 4.74 Å². The van der Waals surface area contributed by atoms with Crippen molar-refractivity contribution < 1.29 is 14.1 Å². The molecule has 1 aromatic heterocycles. The van der Waals surface area contributed by atoms with Crippen molar-refractivity contribution in [3.8, 4) is 0 Å². The molecule has 1 fully saturated rings. The van der Waals surface area contributed by atoms with E-state index in [1.54, 1.807) is 13.0 Å². The fourth-order valence-electron chi connectivity index (χ4n) is 2.45. The molecule has 0 aromatic carbocycles. The lowest BCUT2D eigenvalue weighted by atomic mass is 10.0. The SMILES string of the molecule is Cc1cc(C(=O)NC2CCN(CCOC(C)C)CC2)on1. The van der Waals surface area contributed by atoms with E-state index >= 15 is 0 Å². The van der Waals surface area contributed by atoms with Gasteiger partial charge >= 0.3 is 0 Å². The highest BCUT2D eigenvalue weighted by atomic mass is 16.5. The van der Waals surface area contributed by atoms with Gasteiger partial charge in [0.25, 0.3) is 5.91 Å². The minimum atomic E-state index is -0.169. The van der Waals surface area contributed by atoms with Crippen molar-refractivity contribution in [1.82, 2.24) is 15.4 Å². The zero-order chi connectivity index (χ0) is 15.2. The average Bonchev–Trinajstić information content (AvgIpc) is 2.87. The van der Waals surface area contributed by atoms with Crippen molar-refractivity contribution in [1.29, 1.82) is 0 Å². The van der Waals surface area contributed by atoms with Crippen molar-refractivity contribution in [2.75, 3.05) is 26.2 Å². The van der Waals surface area contributed by atoms with Gasteiger partial charge in [-0.1, -0.05) is 5.16 Å². The largest absolute Gasteiger partial charge is 0.377 e. The van der Waals surface area contributed by atoms with Gasteiger partial charge in [-0.15, -0.1) is 0 Å². The molecule has 21 heavy (non-hydrogen) atoms. The Morgan fingerprint density at radius 2 is 2.24 bits per heavy atom. The lowest BCUT2D eigenvalue weighted by molar-refractivity contribution is 0.0519. The number of carbonyl (C=O) groups excluding carboxylic acids is 1. The summed E-state index contributed by atoms with van der Waals surface area (Å²) in [5.41, 5.74) is 0.722. The van der Waals surface area contributed by atoms with Gasteiger partial charge in [0, 0.05) is 31.7 Å². The summed E-state index contributed by atoms with van der Waals surface area (Å²) in [6, 6.07) is 1.87. The number of carbonyl (C=O) groups is 1. The second-order valence-corrected chi connectivity index (χ2v) is 5.84. The molecule has 1 aromatic rings. The minimum absolute atomic E-state index is 0.169. The highest BCUT2D eigenvalue weighted by Gasteiger charge is 2.22. The van der Waals surface area contributed by atoms with Crippen LogP contribution in [0.1, 0.15) is 42.9 Å². The van der Waals surface area contributed by atoms with Gasteiger partial charge in [0.1, 0.15) is 0 Å². The van der Waals surface area contributed by atoms with Crippen LogP contribution in [0, 0.1) is 6.92 Å². The normalized spacial score (nSPS) is 17.3. The van der Waals surface area contributed by atoms with Gasteiger partial charge in [-0.05, 0) is 33.6 Å². The summed E-state index contributed by atoms with van der Waals surface area (Å²) in [6.45, 7) is 9.60. The van der Waals surface area contributed by atoms with Crippen molar-refractivity contribution >= 4 is 5.91 Å². The van der Waals surface area contributed by atoms with Crippen LogP contribution in [-0.4, -0.2) is 54.4 Å². The Morgan fingerprint density at radius 3 is 2.81 bits per heavy atom. The Hall–Kier alpha value is -1.40. The van der Waals surface area contributed by atoms with Crippen LogP contribution >= 0.6 is 0 Å². The Morgan fingerprint density at radius 1 is 1.52 bits per heavy atom. The molecule has 0 saturated carbocycles. The molecule has 0 spiro atoms. The number of piperidine rings is 1. The summed E-state index contributed by atoms with van der Waals surface area (Å²) in [7, 11) is 0. The third-order valence-corrected chi connectivity index (χ3v) is 3.63. The smallest absolute Gasteiger partial charge is 0.290 e. The number of nitrogens with zero attached hydrogens (tertiary/aromatic N) is 2. The fourth-order valence-corrected chi connectivity index (χ4v) is 2.45. The van der Waals surface area contributed by atoms with E-state index < -0.39 is 0 Å². The molecule has 1 aliphatic rings. The second-order valence-electron chi connectivity index (χ2n) is 5.84. The van der Waals surface area contributed by atoms with Gasteiger partial charge in [0.2, 0.25) is 5.76 Å². The van der Waals surface area contributed by atoms with Crippen LogP contribution < -0.4 is 5.32 Å². The lowest BCUT2D eigenvalue weighted by Crippen LogP contribution is -2.45. The minimum Gasteiger partial charge on any atom is -0.377 e. The van der Waals surface area contributed by atoms with E-state index in [1.807, 2.05) is 13.8 Å². The number of nitrogens with one attached hydrogen (secondary N) is 1. The lowest BCUT2D eigenvalue weighted by Gasteiger charge is -2.32. The third kappa shape index (κ3) is 5.13. The third-order valence-electron chi connectivity index (χ3n) is 3.63. The molecule has 1 saturated heterocycles. The maximum Gasteiger partial charge on any atom is 0.290 e. The van der Waals surface area contributed by atoms with Crippen LogP contribution in [0.15, 0.2) is 10.6 Å². The van der Waals surface area contributed by atoms with Gasteiger partial charge in [-0.3, -0.25) is 4.79 Å². The van der Waals surface area contributed by atoms with Crippen molar-refractivity contribution in [3.63, 3.8) is 0 Å². The van der Waals surface area contributed by atoms with Gasteiger partial charge in [0.05, 0.1) is 18.4 Å². The molecule has 1 amide bonds. The van der Waals surface area contributed by atoms with Gasteiger partial charge < -0.3 is 19.5 Å². The van der Waals surface area contributed by atoms with E-state index in [0.717, 1.165) is 44.8 Å². The van der Waals surface area contributed by atoms with E-state index in [9.17, 15) is 4.79 Å². The Labute approximate surface area is 125 Å². The molecule has 0 radical (unpaired) electrons. The predicted molar refractivity (Wildman–Crippen MR) is 79.3 cm³/mol. The van der Waals surface area contributed by atoms with Crippen molar-refractivity contribution in [2.24, 2.45) is 0 Å². The number of amides is 1. The average molecular weight is 295 g/mol. The first-order chi connectivity index (χ1) is 10.0. The van der Waals surface area contributed by atoms with E-state index in [-0.39, 0.29) is 18.1 Å². The molecular formula is C15H25N3O3. The molecule has 0 atom stereocenters. The summed E-state index contributed by atoms with van der Waals surface area (Å²) >= 11 is 0. The number of ether oxygens (including phenoxy) is 1. The van der Waals surface area contributed by atoms with Crippen LogP contribution in [0.4, 0.5) is 0 Å². The molecule has 1 N–H and O–H groups in total. The predicted octanol–water partition coefficient (Wildman–Crippen LogP) is 1.60. The second kappa shape index (κ2) is 7.56. The first-order valence-corrected chi connectivity index (χ1v) is 7.62. The highest BCUT2D eigenvalue weighted by Crippen LogP contribution is 2.11. The maximum absolute atomic E-state index is 12.0. The number of likely N-dealkylation sites (tertiary alicyclic amines) is 1. The summed E-state index contributed by atoms with van der Waals surface area (Å²) in [5.74, 6) is 0.123. The molecule has 0 unspecified atom stereocenters. The molecule has 1 aliphatic heterocycles. The van der Waals surface area contributed by atoms with Gasteiger partial charge in [0.15, 0.2) is 0 Å². The summed E-state index contributed by atoms with van der Waals surface area (Å²) in [6.07, 6.45) is 2.20. The molecular weight excluding hydrogens is 270 g/mol. The zero-order valence-corrected chi connectivity index (χ0v) is 13.1. The van der Waals surface area contributed by atoms with E-state index in [2.05, 4.69) is 15.4 Å². The molecule has 6 nitrogen and oxygen atoms in total. The number of hydrogen-bond acceptors (Lipinski definition) is 5. The highest BCUT2D eigenvalue weighted by molar-refractivity contribution is 5.91. The quantitative estimate of drug-likeness (QED) is 0.863.